The fraction of sp³-hybridized carbons (Fsp3) is 0.296. The summed E-state index contributed by atoms with van der Waals surface area (Å²) in [5, 5.41) is 6.48. The molecule has 0 atom stereocenters. The predicted molar refractivity (Wildman–Crippen MR) is 129 cm³/mol. The van der Waals surface area contributed by atoms with E-state index in [1.165, 1.54) is 22.4 Å². The molecule has 4 aromatic rings. The fourth-order valence-electron chi connectivity index (χ4n) is 4.40. The second kappa shape index (κ2) is 9.73. The molecule has 0 aliphatic carbocycles. The SMILES string of the molecule is Cc1ccc(-c2noc(CCC(=O)N3CCN(Cc4cccc5ccccc45)CC3)n2)cc1F. The van der Waals surface area contributed by atoms with Gasteiger partial charge in [-0.05, 0) is 34.9 Å². The van der Waals surface area contributed by atoms with Crippen LogP contribution in [0.5, 0.6) is 0 Å². The van der Waals surface area contributed by atoms with E-state index in [1.54, 1.807) is 19.1 Å². The standard InChI is InChI=1S/C27H27FN4O2/c1-19-9-10-21(17-24(19)28)27-29-25(34-30-27)11-12-26(33)32-15-13-31(14-16-32)18-22-7-4-6-20-5-2-3-8-23(20)22/h2-10,17H,11-16,18H2,1H3. The van der Waals surface area contributed by atoms with Crippen LogP contribution >= 0.6 is 0 Å². The van der Waals surface area contributed by atoms with Gasteiger partial charge >= 0.3 is 0 Å². The van der Waals surface area contributed by atoms with Crippen molar-refractivity contribution in [3.8, 4) is 11.4 Å². The summed E-state index contributed by atoms with van der Waals surface area (Å²) >= 11 is 0. The van der Waals surface area contributed by atoms with Gasteiger partial charge in [-0.15, -0.1) is 0 Å². The minimum absolute atomic E-state index is 0.0888. The molecule has 5 rings (SSSR count). The molecule has 0 N–H and O–H groups in total. The maximum absolute atomic E-state index is 13.8. The van der Waals surface area contributed by atoms with Gasteiger partial charge < -0.3 is 9.42 Å². The van der Waals surface area contributed by atoms with Gasteiger partial charge in [-0.3, -0.25) is 9.69 Å². The van der Waals surface area contributed by atoms with Crippen molar-refractivity contribution in [2.45, 2.75) is 26.3 Å². The average molecular weight is 459 g/mol. The Kier molecular flexibility index (Phi) is 6.36. The highest BCUT2D eigenvalue weighted by atomic mass is 19.1. The summed E-state index contributed by atoms with van der Waals surface area (Å²) in [7, 11) is 0. The van der Waals surface area contributed by atoms with Crippen molar-refractivity contribution in [1.82, 2.24) is 19.9 Å². The normalized spacial score (nSPS) is 14.6. The first-order valence-corrected chi connectivity index (χ1v) is 11.6. The summed E-state index contributed by atoms with van der Waals surface area (Å²) in [5.41, 5.74) is 2.44. The smallest absolute Gasteiger partial charge is 0.227 e. The Labute approximate surface area is 198 Å². The number of hydrogen-bond donors (Lipinski definition) is 0. The quantitative estimate of drug-likeness (QED) is 0.422. The van der Waals surface area contributed by atoms with Crippen LogP contribution in [0.25, 0.3) is 22.2 Å². The topological polar surface area (TPSA) is 62.5 Å². The molecular formula is C27H27FN4O2. The van der Waals surface area contributed by atoms with Crippen LogP contribution in [0.2, 0.25) is 0 Å². The Balaban J connectivity index is 1.12. The van der Waals surface area contributed by atoms with Crippen molar-refractivity contribution in [2.24, 2.45) is 0 Å². The second-order valence-electron chi connectivity index (χ2n) is 8.77. The summed E-state index contributed by atoms with van der Waals surface area (Å²) in [6, 6.07) is 19.7. The van der Waals surface area contributed by atoms with E-state index in [9.17, 15) is 9.18 Å². The number of aryl methyl sites for hydroxylation is 2. The minimum Gasteiger partial charge on any atom is -0.340 e. The van der Waals surface area contributed by atoms with Crippen LogP contribution in [-0.2, 0) is 17.8 Å². The molecule has 0 spiro atoms. The largest absolute Gasteiger partial charge is 0.340 e. The van der Waals surface area contributed by atoms with E-state index in [4.69, 9.17) is 4.52 Å². The minimum atomic E-state index is -0.307. The number of rotatable bonds is 6. The van der Waals surface area contributed by atoms with Gasteiger partial charge in [0.1, 0.15) is 5.82 Å². The molecule has 0 bridgehead atoms. The van der Waals surface area contributed by atoms with Crippen LogP contribution < -0.4 is 0 Å². The van der Waals surface area contributed by atoms with E-state index < -0.39 is 0 Å². The highest BCUT2D eigenvalue weighted by molar-refractivity contribution is 5.85. The monoisotopic (exact) mass is 458 g/mol. The van der Waals surface area contributed by atoms with Crippen molar-refractivity contribution < 1.29 is 13.7 Å². The van der Waals surface area contributed by atoms with Crippen molar-refractivity contribution >= 4 is 16.7 Å². The molecule has 0 unspecified atom stereocenters. The highest BCUT2D eigenvalue weighted by Crippen LogP contribution is 2.21. The first-order chi connectivity index (χ1) is 16.6. The highest BCUT2D eigenvalue weighted by Gasteiger charge is 2.22. The molecule has 2 heterocycles. The van der Waals surface area contributed by atoms with Crippen LogP contribution in [0.3, 0.4) is 0 Å². The summed E-state index contributed by atoms with van der Waals surface area (Å²) in [4.78, 5) is 21.4. The molecular weight excluding hydrogens is 431 g/mol. The van der Waals surface area contributed by atoms with E-state index in [2.05, 4.69) is 57.5 Å². The molecule has 7 heteroatoms. The average Bonchev–Trinajstić information content (AvgIpc) is 3.34. The third-order valence-corrected chi connectivity index (χ3v) is 6.45. The van der Waals surface area contributed by atoms with Gasteiger partial charge in [0, 0.05) is 51.1 Å². The molecule has 34 heavy (non-hydrogen) atoms. The first-order valence-electron chi connectivity index (χ1n) is 11.6. The molecule has 1 fully saturated rings. The Bertz CT molecular complexity index is 1310. The number of fused-ring (bicyclic) bond motifs is 1. The Morgan fingerprint density at radius 2 is 1.82 bits per heavy atom. The molecule has 6 nitrogen and oxygen atoms in total. The van der Waals surface area contributed by atoms with E-state index >= 15 is 0 Å². The third-order valence-electron chi connectivity index (χ3n) is 6.45. The zero-order chi connectivity index (χ0) is 23.5. The summed E-state index contributed by atoms with van der Waals surface area (Å²) in [6.07, 6.45) is 0.684. The molecule has 1 aliphatic heterocycles. The van der Waals surface area contributed by atoms with Gasteiger partial charge in [-0.25, -0.2) is 4.39 Å². The Morgan fingerprint density at radius 3 is 2.65 bits per heavy atom. The number of hydrogen-bond acceptors (Lipinski definition) is 5. The Hall–Kier alpha value is -3.58. The van der Waals surface area contributed by atoms with Gasteiger partial charge in [0.2, 0.25) is 17.6 Å². The van der Waals surface area contributed by atoms with Gasteiger partial charge in [0.25, 0.3) is 0 Å². The molecule has 0 radical (unpaired) electrons. The van der Waals surface area contributed by atoms with Crippen LogP contribution in [0.1, 0.15) is 23.4 Å². The maximum atomic E-state index is 13.8. The summed E-state index contributed by atoms with van der Waals surface area (Å²) < 4.78 is 19.1. The molecule has 3 aromatic carbocycles. The van der Waals surface area contributed by atoms with Crippen molar-refractivity contribution in [2.75, 3.05) is 26.2 Å². The van der Waals surface area contributed by atoms with E-state index in [0.717, 1.165) is 19.6 Å². The van der Waals surface area contributed by atoms with Crippen LogP contribution in [0.15, 0.2) is 65.2 Å². The first kappa shape index (κ1) is 22.2. The number of amides is 1. The van der Waals surface area contributed by atoms with E-state index in [1.807, 2.05) is 4.90 Å². The lowest BCUT2D eigenvalue weighted by molar-refractivity contribution is -0.133. The molecule has 1 aromatic heterocycles. The van der Waals surface area contributed by atoms with Gasteiger partial charge in [0.05, 0.1) is 0 Å². The van der Waals surface area contributed by atoms with Crippen molar-refractivity contribution in [3.05, 3.63) is 83.5 Å². The van der Waals surface area contributed by atoms with Gasteiger partial charge in [-0.1, -0.05) is 59.8 Å². The summed E-state index contributed by atoms with van der Waals surface area (Å²) in [5.74, 6) is 0.506. The van der Waals surface area contributed by atoms with Crippen molar-refractivity contribution in [1.29, 1.82) is 0 Å². The third kappa shape index (κ3) is 4.84. The zero-order valence-corrected chi connectivity index (χ0v) is 19.2. The molecule has 1 saturated heterocycles. The Morgan fingerprint density at radius 1 is 1.03 bits per heavy atom. The van der Waals surface area contributed by atoms with Crippen LogP contribution in [-0.4, -0.2) is 52.0 Å². The van der Waals surface area contributed by atoms with Crippen LogP contribution in [0, 0.1) is 12.7 Å². The van der Waals surface area contributed by atoms with Gasteiger partial charge in [-0.2, -0.15) is 4.98 Å². The number of piperazine rings is 1. The van der Waals surface area contributed by atoms with E-state index in [-0.39, 0.29) is 11.7 Å². The zero-order valence-electron chi connectivity index (χ0n) is 19.2. The molecule has 1 amide bonds. The lowest BCUT2D eigenvalue weighted by Crippen LogP contribution is -2.48. The number of carbonyl (C=O) groups excluding carboxylic acids is 1. The fourth-order valence-corrected chi connectivity index (χ4v) is 4.40. The number of halogens is 1. The molecule has 0 saturated carbocycles. The maximum Gasteiger partial charge on any atom is 0.227 e. The summed E-state index contributed by atoms with van der Waals surface area (Å²) in [6.45, 7) is 5.70. The number of benzene rings is 3. The number of nitrogens with zero attached hydrogens (tertiary/aromatic N) is 4. The van der Waals surface area contributed by atoms with E-state index in [0.29, 0.717) is 48.8 Å². The predicted octanol–water partition coefficient (Wildman–Crippen LogP) is 4.61. The lowest BCUT2D eigenvalue weighted by Gasteiger charge is -2.35. The van der Waals surface area contributed by atoms with Gasteiger partial charge in [0.15, 0.2) is 0 Å². The van der Waals surface area contributed by atoms with Crippen LogP contribution in [0.4, 0.5) is 4.39 Å². The lowest BCUT2D eigenvalue weighted by atomic mass is 10.0. The number of aromatic nitrogens is 2. The van der Waals surface area contributed by atoms with Crippen molar-refractivity contribution in [3.63, 3.8) is 0 Å². The molecule has 1 aliphatic rings. The molecule has 174 valence electrons. The number of carbonyl (C=O) groups is 1. The second-order valence-corrected chi connectivity index (χ2v) is 8.77.